The molecule has 0 aliphatic carbocycles. The zero-order valence-corrected chi connectivity index (χ0v) is 16.2. The second kappa shape index (κ2) is 6.63. The number of hydrogen-bond acceptors (Lipinski definition) is 5. The van der Waals surface area contributed by atoms with Crippen molar-refractivity contribution >= 4 is 23.1 Å². The van der Waals surface area contributed by atoms with Crippen LogP contribution in [0.3, 0.4) is 0 Å². The van der Waals surface area contributed by atoms with Gasteiger partial charge in [0.1, 0.15) is 11.3 Å². The van der Waals surface area contributed by atoms with E-state index in [4.69, 9.17) is 4.74 Å². The fourth-order valence-corrected chi connectivity index (χ4v) is 3.25. The maximum atomic E-state index is 12.9. The van der Waals surface area contributed by atoms with Crippen LogP contribution in [0.15, 0.2) is 30.7 Å². The fourth-order valence-electron chi connectivity index (χ4n) is 3.25. The number of amides is 2. The molecule has 2 aromatic heterocycles. The molecule has 0 radical (unpaired) electrons. The lowest BCUT2D eigenvalue weighted by atomic mass is 10.1. The summed E-state index contributed by atoms with van der Waals surface area (Å²) in [4.78, 5) is 31.1. The number of rotatable bonds is 4. The molecule has 2 amide bonds. The van der Waals surface area contributed by atoms with Crippen LogP contribution in [-0.4, -0.2) is 44.5 Å². The van der Waals surface area contributed by atoms with E-state index in [9.17, 15) is 9.59 Å². The molecular weight excluding hydrogens is 358 g/mol. The lowest BCUT2D eigenvalue weighted by Crippen LogP contribution is -2.17. The summed E-state index contributed by atoms with van der Waals surface area (Å²) in [7, 11) is 1.75. The van der Waals surface area contributed by atoms with E-state index in [1.54, 1.807) is 34.8 Å². The number of nitrogens with one attached hydrogen (secondary N) is 1. The van der Waals surface area contributed by atoms with Gasteiger partial charge in [0, 0.05) is 31.5 Å². The van der Waals surface area contributed by atoms with Gasteiger partial charge < -0.3 is 15.0 Å². The predicted octanol–water partition coefficient (Wildman–Crippen LogP) is 2.66. The first-order valence-corrected chi connectivity index (χ1v) is 9.04. The van der Waals surface area contributed by atoms with Gasteiger partial charge in [-0.25, -0.2) is 9.50 Å². The number of hydrogen-bond donors (Lipinski definition) is 1. The summed E-state index contributed by atoms with van der Waals surface area (Å²) in [5.41, 5.74) is 3.76. The molecule has 8 nitrogen and oxygen atoms in total. The molecule has 144 valence electrons. The summed E-state index contributed by atoms with van der Waals surface area (Å²) in [5, 5.41) is 7.10. The second-order valence-electron chi connectivity index (χ2n) is 7.25. The highest BCUT2D eigenvalue weighted by atomic mass is 16.5. The van der Waals surface area contributed by atoms with Gasteiger partial charge in [-0.15, -0.1) is 0 Å². The summed E-state index contributed by atoms with van der Waals surface area (Å²) in [6, 6.07) is 3.50. The van der Waals surface area contributed by atoms with Crippen LogP contribution in [-0.2, 0) is 6.54 Å². The van der Waals surface area contributed by atoms with E-state index in [0.29, 0.717) is 34.8 Å². The summed E-state index contributed by atoms with van der Waals surface area (Å²) >= 11 is 0. The van der Waals surface area contributed by atoms with E-state index in [1.165, 1.54) is 6.20 Å². The van der Waals surface area contributed by atoms with Crippen LogP contribution < -0.4 is 10.1 Å². The van der Waals surface area contributed by atoms with Crippen molar-refractivity contribution in [3.05, 3.63) is 53.0 Å². The maximum absolute atomic E-state index is 12.9. The third kappa shape index (κ3) is 3.06. The van der Waals surface area contributed by atoms with Crippen molar-refractivity contribution in [2.24, 2.45) is 0 Å². The van der Waals surface area contributed by atoms with Gasteiger partial charge in [-0.3, -0.25) is 9.59 Å². The van der Waals surface area contributed by atoms with Gasteiger partial charge in [0.15, 0.2) is 5.65 Å². The first kappa shape index (κ1) is 18.0. The Hall–Kier alpha value is -3.42. The van der Waals surface area contributed by atoms with Crippen molar-refractivity contribution in [1.82, 2.24) is 19.5 Å². The van der Waals surface area contributed by atoms with Crippen molar-refractivity contribution in [2.75, 3.05) is 12.4 Å². The van der Waals surface area contributed by atoms with Crippen LogP contribution in [0.1, 0.15) is 45.7 Å². The topological polar surface area (TPSA) is 88.8 Å². The molecule has 0 spiro atoms. The van der Waals surface area contributed by atoms with E-state index in [1.807, 2.05) is 27.0 Å². The molecule has 0 atom stereocenters. The van der Waals surface area contributed by atoms with Crippen molar-refractivity contribution in [2.45, 2.75) is 33.4 Å². The smallest absolute Gasteiger partial charge is 0.261 e. The Morgan fingerprint density at radius 2 is 2.07 bits per heavy atom. The Labute approximate surface area is 162 Å². The molecule has 8 heteroatoms. The normalized spacial score (nSPS) is 13.3. The van der Waals surface area contributed by atoms with Gasteiger partial charge in [0.2, 0.25) is 0 Å². The number of carbonyl (C=O) groups is 2. The van der Waals surface area contributed by atoms with Crippen LogP contribution in [0.4, 0.5) is 5.69 Å². The van der Waals surface area contributed by atoms with Gasteiger partial charge in [-0.1, -0.05) is 0 Å². The van der Waals surface area contributed by atoms with Crippen LogP contribution in [0.25, 0.3) is 5.65 Å². The Kier molecular flexibility index (Phi) is 4.26. The molecule has 4 rings (SSSR count). The largest absolute Gasteiger partial charge is 0.489 e. The fraction of sp³-hybridized carbons (Fsp3) is 0.300. The van der Waals surface area contributed by atoms with E-state index in [-0.39, 0.29) is 17.9 Å². The third-order valence-corrected chi connectivity index (χ3v) is 4.53. The molecule has 1 aliphatic heterocycles. The summed E-state index contributed by atoms with van der Waals surface area (Å²) in [6.07, 6.45) is 4.89. The molecule has 1 N–H and O–H groups in total. The number of aromatic nitrogens is 3. The van der Waals surface area contributed by atoms with E-state index >= 15 is 0 Å². The highest BCUT2D eigenvalue weighted by Crippen LogP contribution is 2.34. The van der Waals surface area contributed by atoms with E-state index in [2.05, 4.69) is 15.4 Å². The van der Waals surface area contributed by atoms with Gasteiger partial charge in [0.25, 0.3) is 11.8 Å². The lowest BCUT2D eigenvalue weighted by molar-refractivity contribution is 0.0816. The molecule has 1 aromatic carbocycles. The van der Waals surface area contributed by atoms with E-state index < -0.39 is 0 Å². The summed E-state index contributed by atoms with van der Waals surface area (Å²) in [6.45, 7) is 6.19. The zero-order valence-electron chi connectivity index (χ0n) is 16.2. The first-order valence-electron chi connectivity index (χ1n) is 9.04. The summed E-state index contributed by atoms with van der Waals surface area (Å²) in [5.74, 6) is 0.0762. The number of anilines is 1. The molecule has 0 bridgehead atoms. The minimum absolute atomic E-state index is 0.0521. The van der Waals surface area contributed by atoms with Gasteiger partial charge in [0.05, 0.1) is 18.0 Å². The molecule has 1 aliphatic rings. The number of aryl methyl sites for hydroxylation is 1. The molecule has 3 heterocycles. The maximum Gasteiger partial charge on any atom is 0.261 e. The van der Waals surface area contributed by atoms with Crippen LogP contribution in [0.2, 0.25) is 0 Å². The molecule has 28 heavy (non-hydrogen) atoms. The molecule has 0 saturated carbocycles. The monoisotopic (exact) mass is 379 g/mol. The SMILES string of the molecule is Cc1cnc2c(C(=O)Nc3cc4c(cc3OC(C)C)C(=O)N(C)C4)cnn2c1. The Morgan fingerprint density at radius 3 is 2.82 bits per heavy atom. The summed E-state index contributed by atoms with van der Waals surface area (Å²) < 4.78 is 7.43. The first-order chi connectivity index (χ1) is 13.3. The molecule has 0 saturated heterocycles. The molecular formula is C20H21N5O3. The Morgan fingerprint density at radius 1 is 1.29 bits per heavy atom. The minimum atomic E-state index is -0.336. The van der Waals surface area contributed by atoms with Crippen LogP contribution >= 0.6 is 0 Å². The van der Waals surface area contributed by atoms with Crippen LogP contribution in [0, 0.1) is 6.92 Å². The van der Waals surface area contributed by atoms with Crippen LogP contribution in [0.5, 0.6) is 5.75 Å². The third-order valence-electron chi connectivity index (χ3n) is 4.53. The average molecular weight is 379 g/mol. The lowest BCUT2D eigenvalue weighted by Gasteiger charge is -2.16. The van der Waals surface area contributed by atoms with Crippen molar-refractivity contribution < 1.29 is 14.3 Å². The number of carbonyl (C=O) groups excluding carboxylic acids is 2. The van der Waals surface area contributed by atoms with Gasteiger partial charge >= 0.3 is 0 Å². The highest BCUT2D eigenvalue weighted by Gasteiger charge is 2.27. The number of nitrogens with zero attached hydrogens (tertiary/aromatic N) is 4. The van der Waals surface area contributed by atoms with Gasteiger partial charge in [-0.05, 0) is 44.0 Å². The predicted molar refractivity (Wildman–Crippen MR) is 104 cm³/mol. The van der Waals surface area contributed by atoms with Crippen molar-refractivity contribution in [1.29, 1.82) is 0 Å². The molecule has 0 unspecified atom stereocenters. The minimum Gasteiger partial charge on any atom is -0.489 e. The quantitative estimate of drug-likeness (QED) is 0.753. The standard InChI is InChI=1S/C20H21N5O3/c1-11(2)28-17-6-14-13(10-24(4)20(14)27)5-16(17)23-19(26)15-8-22-25-9-12(3)7-21-18(15)25/h5-9,11H,10H2,1-4H3,(H,23,26). The second-order valence-corrected chi connectivity index (χ2v) is 7.25. The molecule has 3 aromatic rings. The van der Waals surface area contributed by atoms with Crippen molar-refractivity contribution in [3.8, 4) is 5.75 Å². The Balaban J connectivity index is 1.71. The highest BCUT2D eigenvalue weighted by molar-refractivity contribution is 6.09. The number of benzene rings is 1. The Bertz CT molecular complexity index is 1100. The van der Waals surface area contributed by atoms with E-state index in [0.717, 1.165) is 11.1 Å². The zero-order chi connectivity index (χ0) is 20.0. The average Bonchev–Trinajstić information content (AvgIpc) is 3.16. The number of fused-ring (bicyclic) bond motifs is 2. The molecule has 0 fully saturated rings. The van der Waals surface area contributed by atoms with Crippen molar-refractivity contribution in [3.63, 3.8) is 0 Å². The number of ether oxygens (including phenoxy) is 1. The van der Waals surface area contributed by atoms with Gasteiger partial charge in [-0.2, -0.15) is 5.10 Å².